The van der Waals surface area contributed by atoms with Crippen molar-refractivity contribution in [3.8, 4) is 22.3 Å². The molecule has 0 saturated heterocycles. The number of fused-ring (bicyclic) bond motifs is 1. The van der Waals surface area contributed by atoms with Crippen LogP contribution in [0, 0.1) is 0 Å². The van der Waals surface area contributed by atoms with E-state index in [1.807, 2.05) is 42.5 Å². The molecule has 0 aliphatic heterocycles. The molecule has 1 aromatic heterocycles. The van der Waals surface area contributed by atoms with E-state index in [0.717, 1.165) is 56.8 Å². The molecule has 0 atom stereocenters. The predicted molar refractivity (Wildman–Crippen MR) is 178 cm³/mol. The number of nitrogens with one attached hydrogen (secondary N) is 1. The zero-order chi connectivity index (χ0) is 30.0. The van der Waals surface area contributed by atoms with Crippen molar-refractivity contribution in [3.63, 3.8) is 0 Å². The quantitative estimate of drug-likeness (QED) is 0.0759. The van der Waals surface area contributed by atoms with Crippen molar-refractivity contribution >= 4 is 75.7 Å². The van der Waals surface area contributed by atoms with Crippen LogP contribution in [0.15, 0.2) is 71.9 Å². The maximum Gasteiger partial charge on any atom is 0.341 e. The molecule has 4 aromatic rings. The Hall–Kier alpha value is -2.04. The minimum absolute atomic E-state index is 0.0210. The summed E-state index contributed by atoms with van der Waals surface area (Å²) in [4.78, 5) is 31.1. The number of H-pyrrole nitrogens is 1. The van der Waals surface area contributed by atoms with Gasteiger partial charge in [0.25, 0.3) is 0 Å². The molecule has 3 aromatic carbocycles. The van der Waals surface area contributed by atoms with Crippen LogP contribution in [0.2, 0.25) is 5.02 Å². The molecule has 1 N–H and O–H groups in total. The van der Waals surface area contributed by atoms with Crippen molar-refractivity contribution in [1.82, 2.24) is 9.97 Å². The van der Waals surface area contributed by atoms with Crippen LogP contribution in [-0.4, -0.2) is 50.4 Å². The number of hydrogen-bond acceptors (Lipinski definition) is 9. The Balaban J connectivity index is 1.44. The Bertz CT molecular complexity index is 1520. The molecule has 12 heteroatoms. The third kappa shape index (κ3) is 9.48. The average molecular weight is 663 g/mol. The van der Waals surface area contributed by atoms with Gasteiger partial charge in [-0.3, -0.25) is 14.2 Å². The molecule has 0 radical (unpaired) electrons. The third-order valence-corrected chi connectivity index (χ3v) is 11.7. The lowest BCUT2D eigenvalue weighted by Crippen LogP contribution is -2.06. The largest absolute Gasteiger partial charge is 0.341 e. The van der Waals surface area contributed by atoms with Crippen molar-refractivity contribution in [2.24, 2.45) is 0 Å². The minimum Gasteiger partial charge on any atom is -0.333 e. The van der Waals surface area contributed by atoms with E-state index in [0.29, 0.717) is 34.5 Å². The van der Waals surface area contributed by atoms with Crippen LogP contribution in [0.3, 0.4) is 0 Å². The van der Waals surface area contributed by atoms with E-state index in [1.54, 1.807) is 13.8 Å². The molecule has 0 aliphatic carbocycles. The van der Waals surface area contributed by atoms with Crippen molar-refractivity contribution in [2.75, 3.05) is 30.2 Å². The second-order valence-electron chi connectivity index (χ2n) is 9.03. The summed E-state index contributed by atoms with van der Waals surface area (Å²) in [6.45, 7) is 3.80. The number of aromatic amines is 1. The summed E-state index contributed by atoms with van der Waals surface area (Å²) in [6, 6.07) is 22.2. The van der Waals surface area contributed by atoms with Crippen LogP contribution in [0.25, 0.3) is 33.3 Å². The first kappa shape index (κ1) is 32.9. The third-order valence-electron chi connectivity index (χ3n) is 6.06. The zero-order valence-corrected chi connectivity index (χ0v) is 27.4. The number of aromatic nitrogens is 2. The fraction of sp³-hybridized carbons (Fsp3) is 0.300. The van der Waals surface area contributed by atoms with Gasteiger partial charge in [-0.15, -0.1) is 0 Å². The second-order valence-corrected chi connectivity index (χ2v) is 15.2. The molecule has 0 fully saturated rings. The molecular formula is C30H32ClN2O5PS3. The number of halogens is 1. The highest BCUT2D eigenvalue weighted by Gasteiger charge is 2.26. The lowest BCUT2D eigenvalue weighted by atomic mass is 10.00. The monoisotopic (exact) mass is 662 g/mol. The molecule has 0 unspecified atom stereocenters. The summed E-state index contributed by atoms with van der Waals surface area (Å²) < 4.78 is 24.9. The molecule has 42 heavy (non-hydrogen) atoms. The van der Waals surface area contributed by atoms with Gasteiger partial charge in [-0.1, -0.05) is 115 Å². The highest BCUT2D eigenvalue weighted by Crippen LogP contribution is 2.52. The van der Waals surface area contributed by atoms with Crippen LogP contribution in [0.4, 0.5) is 0 Å². The summed E-state index contributed by atoms with van der Waals surface area (Å²) in [5.74, 6) is 0.762. The molecular weight excluding hydrogens is 631 g/mol. The van der Waals surface area contributed by atoms with E-state index in [2.05, 4.69) is 34.2 Å². The molecule has 0 aliphatic rings. The van der Waals surface area contributed by atoms with Gasteiger partial charge in [0, 0.05) is 29.9 Å². The van der Waals surface area contributed by atoms with E-state index >= 15 is 0 Å². The smallest absolute Gasteiger partial charge is 0.333 e. The minimum atomic E-state index is -3.53. The summed E-state index contributed by atoms with van der Waals surface area (Å²) >= 11 is 10.2. The zero-order valence-electron chi connectivity index (χ0n) is 23.3. The molecule has 1 heterocycles. The Morgan fingerprint density at radius 2 is 1.43 bits per heavy atom. The van der Waals surface area contributed by atoms with Gasteiger partial charge in [-0.2, -0.15) is 0 Å². The number of carbonyl (C=O) groups excluding carboxylic acids is 2. The van der Waals surface area contributed by atoms with Crippen LogP contribution >= 0.6 is 54.5 Å². The van der Waals surface area contributed by atoms with E-state index in [9.17, 15) is 14.2 Å². The first-order chi connectivity index (χ1) is 20.3. The number of hydrogen-bond donors (Lipinski definition) is 1. The Morgan fingerprint density at radius 3 is 2.02 bits per heavy atom. The van der Waals surface area contributed by atoms with Crippen molar-refractivity contribution in [1.29, 1.82) is 0 Å². The van der Waals surface area contributed by atoms with Crippen LogP contribution in [-0.2, 0) is 23.2 Å². The van der Waals surface area contributed by atoms with Crippen molar-refractivity contribution in [3.05, 3.63) is 71.8 Å². The first-order valence-corrected chi connectivity index (χ1v) is 18.5. The number of nitrogens with zero attached hydrogens (tertiary/aromatic N) is 1. The van der Waals surface area contributed by atoms with Gasteiger partial charge in [0.05, 0.1) is 29.3 Å². The number of benzene rings is 3. The number of imidazole rings is 1. The van der Waals surface area contributed by atoms with Crippen LogP contribution in [0.1, 0.15) is 26.7 Å². The molecule has 0 saturated carbocycles. The van der Waals surface area contributed by atoms with Gasteiger partial charge in [0.15, 0.2) is 15.4 Å². The normalized spacial score (nSPS) is 11.7. The Morgan fingerprint density at radius 1 is 0.857 bits per heavy atom. The van der Waals surface area contributed by atoms with Gasteiger partial charge in [-0.05, 0) is 28.8 Å². The highest BCUT2D eigenvalue weighted by atomic mass is 35.5. The molecule has 4 rings (SSSR count). The molecule has 0 amide bonds. The van der Waals surface area contributed by atoms with Gasteiger partial charge in [-0.25, -0.2) is 4.98 Å². The van der Waals surface area contributed by atoms with Crippen LogP contribution in [0.5, 0.6) is 0 Å². The molecule has 222 valence electrons. The molecule has 7 nitrogen and oxygen atoms in total. The Kier molecular flexibility index (Phi) is 12.6. The lowest BCUT2D eigenvalue weighted by molar-refractivity contribution is -0.111. The van der Waals surface area contributed by atoms with Crippen molar-refractivity contribution < 1.29 is 23.2 Å². The van der Waals surface area contributed by atoms with E-state index in [1.165, 1.54) is 11.8 Å². The van der Waals surface area contributed by atoms with Gasteiger partial charge >= 0.3 is 7.60 Å². The highest BCUT2D eigenvalue weighted by molar-refractivity contribution is 8.13. The maximum atomic E-state index is 13.5. The SMILES string of the molecule is CCC(=O)SCCOP(=O)(CSc1nc2cc(-c3ccc(-c4ccccc4)cc3)c(Cl)cc2[nH]1)OCCSC(=O)CC. The lowest BCUT2D eigenvalue weighted by Gasteiger charge is -2.17. The van der Waals surface area contributed by atoms with Crippen molar-refractivity contribution in [2.45, 2.75) is 31.8 Å². The topological polar surface area (TPSA) is 98.4 Å². The fourth-order valence-electron chi connectivity index (χ4n) is 3.89. The van der Waals surface area contributed by atoms with Gasteiger partial charge in [0.2, 0.25) is 0 Å². The standard InChI is InChI=1S/C30H32ClN2O5PS3/c1-3-28(34)40-16-14-37-39(36,38-15-17-41-29(35)4-2)20-42-30-32-26-18-24(25(31)19-27(26)33-30)23-12-10-22(11-13-23)21-8-6-5-7-9-21/h5-13,18-19H,3-4,14-17,20H2,1-2H3,(H,32,33). The summed E-state index contributed by atoms with van der Waals surface area (Å²) in [6.07, 6.45) is 0.849. The Labute approximate surface area is 263 Å². The molecule has 0 spiro atoms. The van der Waals surface area contributed by atoms with E-state index in [-0.39, 0.29) is 28.9 Å². The number of rotatable bonds is 15. The van der Waals surface area contributed by atoms with Crippen LogP contribution < -0.4 is 0 Å². The molecule has 0 bridgehead atoms. The summed E-state index contributed by atoms with van der Waals surface area (Å²) in [5, 5.41) is 1.23. The van der Waals surface area contributed by atoms with Gasteiger partial charge in [0.1, 0.15) is 5.49 Å². The average Bonchev–Trinajstić information content (AvgIpc) is 3.42. The van der Waals surface area contributed by atoms with E-state index in [4.69, 9.17) is 20.6 Å². The summed E-state index contributed by atoms with van der Waals surface area (Å²) in [7, 11) is -3.53. The second kappa shape index (κ2) is 16.1. The predicted octanol–water partition coefficient (Wildman–Crippen LogP) is 9.17. The van der Waals surface area contributed by atoms with E-state index < -0.39 is 7.60 Å². The maximum absolute atomic E-state index is 13.5. The van der Waals surface area contributed by atoms with Gasteiger partial charge < -0.3 is 14.0 Å². The number of carbonyl (C=O) groups is 2. The number of thioether (sulfide) groups is 3. The fourth-order valence-corrected chi connectivity index (χ4v) is 8.48. The first-order valence-electron chi connectivity index (χ1n) is 13.5. The summed E-state index contributed by atoms with van der Waals surface area (Å²) in [5.41, 5.74) is 5.61.